The van der Waals surface area contributed by atoms with Crippen LogP contribution in [0.4, 0.5) is 0 Å². The summed E-state index contributed by atoms with van der Waals surface area (Å²) < 4.78 is 0. The van der Waals surface area contributed by atoms with Crippen LogP contribution in [0.1, 0.15) is 47.5 Å². The fourth-order valence-corrected chi connectivity index (χ4v) is 3.43. The molecule has 0 amide bonds. The first kappa shape index (κ1) is 16.6. The molecule has 2 fully saturated rings. The number of piperidine rings is 1. The van der Waals surface area contributed by atoms with Gasteiger partial charge in [0.05, 0.1) is 0 Å². The molecule has 0 bridgehead atoms. The van der Waals surface area contributed by atoms with Gasteiger partial charge in [0.2, 0.25) is 0 Å². The third-order valence-corrected chi connectivity index (χ3v) is 5.70. The average molecular weight is 294 g/mol. The highest BCUT2D eigenvalue weighted by Gasteiger charge is 2.53. The minimum absolute atomic E-state index is 0.178. The molecule has 4 heteroatoms. The number of nitrogens with zero attached hydrogens (tertiary/aromatic N) is 3. The summed E-state index contributed by atoms with van der Waals surface area (Å²) in [7, 11) is 2.22. The van der Waals surface area contributed by atoms with E-state index < -0.39 is 0 Å². The summed E-state index contributed by atoms with van der Waals surface area (Å²) >= 11 is 0. The Hall–Kier alpha value is -0.770. The van der Waals surface area contributed by atoms with E-state index in [1.165, 1.54) is 25.9 Å². The molecular weight excluding hydrogens is 260 g/mol. The summed E-state index contributed by atoms with van der Waals surface area (Å²) in [4.78, 5) is 9.84. The summed E-state index contributed by atoms with van der Waals surface area (Å²) in [6.45, 7) is 16.9. The van der Waals surface area contributed by atoms with E-state index in [0.29, 0.717) is 5.41 Å². The van der Waals surface area contributed by atoms with Crippen LogP contribution >= 0.6 is 0 Å². The van der Waals surface area contributed by atoms with E-state index in [1.54, 1.807) is 0 Å². The molecule has 0 saturated carbocycles. The molecule has 122 valence electrons. The molecule has 1 N–H and O–H groups in total. The third-order valence-electron chi connectivity index (χ3n) is 5.70. The van der Waals surface area contributed by atoms with E-state index in [1.807, 2.05) is 0 Å². The van der Waals surface area contributed by atoms with Gasteiger partial charge in [-0.1, -0.05) is 13.8 Å². The van der Waals surface area contributed by atoms with Crippen molar-refractivity contribution in [3.05, 3.63) is 0 Å². The van der Waals surface area contributed by atoms with E-state index >= 15 is 0 Å². The van der Waals surface area contributed by atoms with Crippen molar-refractivity contribution < 1.29 is 0 Å². The summed E-state index contributed by atoms with van der Waals surface area (Å²) in [5.41, 5.74) is 0.533. The average Bonchev–Trinajstić information content (AvgIpc) is 2.41. The zero-order valence-electron chi connectivity index (χ0n) is 14.9. The second-order valence-electron chi connectivity index (χ2n) is 7.99. The van der Waals surface area contributed by atoms with Crippen molar-refractivity contribution in [2.75, 3.05) is 39.8 Å². The Balaban J connectivity index is 2.00. The van der Waals surface area contributed by atoms with Crippen LogP contribution in [0.5, 0.6) is 0 Å². The molecule has 1 unspecified atom stereocenters. The van der Waals surface area contributed by atoms with E-state index in [0.717, 1.165) is 31.5 Å². The number of hydrogen-bond donors (Lipinski definition) is 1. The van der Waals surface area contributed by atoms with E-state index in [4.69, 9.17) is 4.99 Å². The quantitative estimate of drug-likeness (QED) is 0.640. The van der Waals surface area contributed by atoms with E-state index in [2.05, 4.69) is 56.8 Å². The van der Waals surface area contributed by atoms with Gasteiger partial charge in [0, 0.05) is 37.1 Å². The van der Waals surface area contributed by atoms with Gasteiger partial charge in [-0.25, -0.2) is 0 Å². The molecule has 2 rings (SSSR count). The van der Waals surface area contributed by atoms with Crippen molar-refractivity contribution in [3.63, 3.8) is 0 Å². The maximum atomic E-state index is 4.96. The van der Waals surface area contributed by atoms with Crippen molar-refractivity contribution in [3.8, 4) is 0 Å². The molecule has 0 radical (unpaired) electrons. The van der Waals surface area contributed by atoms with Gasteiger partial charge in [0.25, 0.3) is 0 Å². The van der Waals surface area contributed by atoms with Crippen LogP contribution in [-0.4, -0.2) is 61.1 Å². The Bertz CT molecular complexity index is 386. The Morgan fingerprint density at radius 3 is 2.52 bits per heavy atom. The molecule has 0 aromatic heterocycles. The first-order valence-corrected chi connectivity index (χ1v) is 8.52. The van der Waals surface area contributed by atoms with Crippen LogP contribution in [0.15, 0.2) is 4.99 Å². The molecular formula is C17H34N4. The van der Waals surface area contributed by atoms with Crippen molar-refractivity contribution in [2.24, 2.45) is 16.3 Å². The Kier molecular flexibility index (Phi) is 4.86. The van der Waals surface area contributed by atoms with Crippen molar-refractivity contribution in [2.45, 2.75) is 53.0 Å². The number of rotatable bonds is 3. The third kappa shape index (κ3) is 3.36. The van der Waals surface area contributed by atoms with E-state index in [9.17, 15) is 0 Å². The monoisotopic (exact) mass is 294 g/mol. The maximum absolute atomic E-state index is 4.96. The molecule has 4 nitrogen and oxygen atoms in total. The minimum atomic E-state index is 0.178. The van der Waals surface area contributed by atoms with Crippen LogP contribution in [0.3, 0.4) is 0 Å². The molecule has 0 aromatic carbocycles. The summed E-state index contributed by atoms with van der Waals surface area (Å²) in [6, 6.07) is 0. The van der Waals surface area contributed by atoms with Crippen LogP contribution < -0.4 is 5.32 Å². The molecule has 21 heavy (non-hydrogen) atoms. The van der Waals surface area contributed by atoms with Gasteiger partial charge in [0.15, 0.2) is 5.96 Å². The number of nitrogens with one attached hydrogen (secondary N) is 1. The fourth-order valence-electron chi connectivity index (χ4n) is 3.43. The number of guanidine groups is 1. The van der Waals surface area contributed by atoms with Crippen LogP contribution in [0, 0.1) is 11.3 Å². The van der Waals surface area contributed by atoms with E-state index in [-0.39, 0.29) is 5.54 Å². The Morgan fingerprint density at radius 2 is 2.00 bits per heavy atom. The minimum Gasteiger partial charge on any atom is -0.356 e. The Morgan fingerprint density at radius 1 is 1.29 bits per heavy atom. The molecule has 0 aromatic rings. The zero-order valence-corrected chi connectivity index (χ0v) is 14.9. The first-order valence-electron chi connectivity index (χ1n) is 8.52. The Labute approximate surface area is 131 Å². The standard InChI is InChI=1S/C17H34N4/c1-7-18-15(21-13-16(2,3)17(21,4)5)19-11-14-9-8-10-20(6)12-14/h14H,7-13H2,1-6H3,(H,18,19). The molecule has 0 spiro atoms. The highest BCUT2D eigenvalue weighted by atomic mass is 15.4. The zero-order chi connectivity index (χ0) is 15.7. The van der Waals surface area contributed by atoms with Crippen LogP contribution in [-0.2, 0) is 0 Å². The van der Waals surface area contributed by atoms with Crippen molar-refractivity contribution >= 4 is 5.96 Å². The first-order chi connectivity index (χ1) is 9.78. The number of likely N-dealkylation sites (tertiary alicyclic amines) is 2. The lowest BCUT2D eigenvalue weighted by molar-refractivity contribution is -0.0668. The number of aliphatic imine (C=N–C) groups is 1. The van der Waals surface area contributed by atoms with Gasteiger partial charge in [-0.2, -0.15) is 0 Å². The van der Waals surface area contributed by atoms with Gasteiger partial charge >= 0.3 is 0 Å². The normalized spacial score (nSPS) is 29.1. The van der Waals surface area contributed by atoms with Crippen molar-refractivity contribution in [1.29, 1.82) is 0 Å². The highest BCUT2D eigenvalue weighted by molar-refractivity contribution is 5.82. The topological polar surface area (TPSA) is 30.9 Å². The van der Waals surface area contributed by atoms with Crippen LogP contribution in [0.25, 0.3) is 0 Å². The fraction of sp³-hybridized carbons (Fsp3) is 0.941. The lowest BCUT2D eigenvalue weighted by Gasteiger charge is -2.62. The molecule has 2 heterocycles. The molecule has 0 aliphatic carbocycles. The molecule has 1 atom stereocenters. The largest absolute Gasteiger partial charge is 0.356 e. The maximum Gasteiger partial charge on any atom is 0.194 e. The van der Waals surface area contributed by atoms with Gasteiger partial charge in [0.1, 0.15) is 0 Å². The summed E-state index contributed by atoms with van der Waals surface area (Å²) in [6.07, 6.45) is 2.64. The molecule has 2 saturated heterocycles. The highest BCUT2D eigenvalue weighted by Crippen LogP contribution is 2.46. The molecule has 2 aliphatic heterocycles. The van der Waals surface area contributed by atoms with Gasteiger partial charge in [-0.15, -0.1) is 0 Å². The second-order valence-corrected chi connectivity index (χ2v) is 7.99. The second kappa shape index (κ2) is 6.15. The SMILES string of the molecule is CCNC(=NCC1CCCN(C)C1)N1CC(C)(C)C1(C)C. The van der Waals surface area contributed by atoms with Gasteiger partial charge in [-0.05, 0) is 53.1 Å². The lowest BCUT2D eigenvalue weighted by Crippen LogP contribution is -2.72. The van der Waals surface area contributed by atoms with Gasteiger partial charge < -0.3 is 15.1 Å². The predicted molar refractivity (Wildman–Crippen MR) is 90.8 cm³/mol. The lowest BCUT2D eigenvalue weighted by atomic mass is 9.65. The number of hydrogen-bond acceptors (Lipinski definition) is 2. The predicted octanol–water partition coefficient (Wildman–Crippen LogP) is 2.41. The van der Waals surface area contributed by atoms with Crippen LogP contribution in [0.2, 0.25) is 0 Å². The summed E-state index contributed by atoms with van der Waals surface area (Å²) in [5.74, 6) is 1.82. The smallest absolute Gasteiger partial charge is 0.194 e. The summed E-state index contributed by atoms with van der Waals surface area (Å²) in [5, 5.41) is 3.49. The molecule has 2 aliphatic rings. The van der Waals surface area contributed by atoms with Crippen molar-refractivity contribution in [1.82, 2.24) is 15.1 Å². The van der Waals surface area contributed by atoms with Gasteiger partial charge in [-0.3, -0.25) is 4.99 Å².